The molecule has 8 heteroatoms. The van der Waals surface area contributed by atoms with Gasteiger partial charge in [-0.25, -0.2) is 9.48 Å². The molecule has 1 aromatic carbocycles. The van der Waals surface area contributed by atoms with Crippen molar-refractivity contribution < 1.29 is 24.9 Å². The molecule has 1 aliphatic carbocycles. The van der Waals surface area contributed by atoms with E-state index in [-0.39, 0.29) is 12.1 Å². The molecule has 1 amide bonds. The summed E-state index contributed by atoms with van der Waals surface area (Å²) in [6.07, 6.45) is 0.391. The second kappa shape index (κ2) is 6.48. The van der Waals surface area contributed by atoms with E-state index in [2.05, 4.69) is 16.9 Å². The van der Waals surface area contributed by atoms with Gasteiger partial charge in [0, 0.05) is 31.1 Å². The van der Waals surface area contributed by atoms with Gasteiger partial charge in [-0.1, -0.05) is 17.9 Å². The zero-order chi connectivity index (χ0) is 20.1. The molecule has 0 spiro atoms. The quantitative estimate of drug-likeness (QED) is 0.652. The van der Waals surface area contributed by atoms with Crippen LogP contribution in [0.5, 0.6) is 0 Å². The summed E-state index contributed by atoms with van der Waals surface area (Å²) in [5, 5.41) is 34.1. The molecule has 0 bridgehead atoms. The Labute approximate surface area is 161 Å². The number of likely N-dealkylation sites (tertiary alicyclic amines) is 1. The zero-order valence-corrected chi connectivity index (χ0v) is 15.2. The highest BCUT2D eigenvalue weighted by Gasteiger charge is 2.42. The highest BCUT2D eigenvalue weighted by Crippen LogP contribution is 2.35. The molecule has 1 fully saturated rings. The third-order valence-electron chi connectivity index (χ3n) is 5.23. The lowest BCUT2D eigenvalue weighted by Gasteiger charge is -2.13. The van der Waals surface area contributed by atoms with Crippen LogP contribution in [0, 0.1) is 11.8 Å². The number of carbonyl (C=O) groups is 2. The van der Waals surface area contributed by atoms with Crippen LogP contribution in [-0.2, 0) is 11.2 Å². The maximum absolute atomic E-state index is 12.0. The number of carboxylic acids is 1. The molecule has 144 valence electrons. The van der Waals surface area contributed by atoms with E-state index in [9.17, 15) is 24.9 Å². The number of hydrogen-bond acceptors (Lipinski definition) is 5. The van der Waals surface area contributed by atoms with Crippen molar-refractivity contribution in [2.45, 2.75) is 31.0 Å². The second-order valence-electron chi connectivity index (χ2n) is 7.12. The molecule has 2 aromatic rings. The summed E-state index contributed by atoms with van der Waals surface area (Å²) < 4.78 is 1.52. The fourth-order valence-corrected chi connectivity index (χ4v) is 3.71. The molecule has 8 nitrogen and oxygen atoms in total. The zero-order valence-electron chi connectivity index (χ0n) is 15.2. The summed E-state index contributed by atoms with van der Waals surface area (Å²) in [4.78, 5) is 25.0. The minimum absolute atomic E-state index is 0.148. The number of likely N-dealkylation sites (N-methyl/N-ethyl adjacent to an activating group) is 1. The van der Waals surface area contributed by atoms with Gasteiger partial charge in [0.2, 0.25) is 5.60 Å². The highest BCUT2D eigenvalue weighted by atomic mass is 16.4. The monoisotopic (exact) mass is 381 g/mol. The first kappa shape index (κ1) is 18.2. The van der Waals surface area contributed by atoms with Gasteiger partial charge in [0.05, 0.1) is 17.5 Å². The third-order valence-corrected chi connectivity index (χ3v) is 5.23. The number of carbonyl (C=O) groups excluding carboxylic acids is 1. The predicted octanol–water partition coefficient (Wildman–Crippen LogP) is 0.495. The Morgan fingerprint density at radius 3 is 2.86 bits per heavy atom. The molecule has 1 aromatic heterocycles. The Balaban J connectivity index is 1.71. The number of rotatable bonds is 2. The van der Waals surface area contributed by atoms with E-state index in [4.69, 9.17) is 0 Å². The van der Waals surface area contributed by atoms with E-state index in [1.54, 1.807) is 31.3 Å². The number of aromatic carboxylic acids is 1. The first-order valence-electron chi connectivity index (χ1n) is 8.95. The standard InChI is InChI=1S/C20H19N3O5/c1-22-10-9-20(28,19(22)27)8-7-12-3-2-4-13(11-12)23-14-5-6-15(24)16(14)17(21-23)18(25)26/h2-4,11,15,24,28H,5-6,9-10H2,1H3,(H,25,26). The van der Waals surface area contributed by atoms with E-state index in [1.807, 2.05) is 0 Å². The molecule has 2 atom stereocenters. The van der Waals surface area contributed by atoms with E-state index in [0.717, 1.165) is 0 Å². The van der Waals surface area contributed by atoms with E-state index in [1.165, 1.54) is 9.58 Å². The van der Waals surface area contributed by atoms with Crippen molar-refractivity contribution in [1.29, 1.82) is 0 Å². The van der Waals surface area contributed by atoms with Crippen LogP contribution in [-0.4, -0.2) is 61.1 Å². The lowest BCUT2D eigenvalue weighted by Crippen LogP contribution is -2.37. The molecular formula is C20H19N3O5. The molecule has 3 N–H and O–H groups in total. The Bertz CT molecular complexity index is 1050. The van der Waals surface area contributed by atoms with Gasteiger partial charge in [-0.3, -0.25) is 4.79 Å². The minimum atomic E-state index is -1.68. The van der Waals surface area contributed by atoms with Crippen molar-refractivity contribution >= 4 is 11.9 Å². The number of benzene rings is 1. The molecule has 2 aliphatic rings. The van der Waals surface area contributed by atoms with E-state index in [0.29, 0.717) is 41.9 Å². The predicted molar refractivity (Wildman–Crippen MR) is 97.9 cm³/mol. The Kier molecular flexibility index (Phi) is 4.22. The number of aliphatic hydroxyl groups is 2. The van der Waals surface area contributed by atoms with Gasteiger partial charge in [0.25, 0.3) is 5.91 Å². The van der Waals surface area contributed by atoms with Crippen molar-refractivity contribution in [3.63, 3.8) is 0 Å². The molecule has 1 aliphatic heterocycles. The topological polar surface area (TPSA) is 116 Å². The van der Waals surface area contributed by atoms with Crippen molar-refractivity contribution in [3.05, 3.63) is 46.8 Å². The maximum Gasteiger partial charge on any atom is 0.356 e. The first-order valence-corrected chi connectivity index (χ1v) is 8.95. The van der Waals surface area contributed by atoms with Gasteiger partial charge in [0.15, 0.2) is 5.69 Å². The van der Waals surface area contributed by atoms with Gasteiger partial charge < -0.3 is 20.2 Å². The minimum Gasteiger partial charge on any atom is -0.476 e. The maximum atomic E-state index is 12.0. The average molecular weight is 381 g/mol. The van der Waals surface area contributed by atoms with Crippen LogP contribution in [0.25, 0.3) is 5.69 Å². The molecule has 2 heterocycles. The average Bonchev–Trinajstić information content (AvgIpc) is 3.31. The lowest BCUT2D eigenvalue weighted by molar-refractivity contribution is -0.137. The summed E-state index contributed by atoms with van der Waals surface area (Å²) in [6.45, 7) is 0.448. The van der Waals surface area contributed by atoms with Crippen LogP contribution in [0.2, 0.25) is 0 Å². The number of aromatic nitrogens is 2. The third kappa shape index (κ3) is 2.85. The van der Waals surface area contributed by atoms with Crippen LogP contribution >= 0.6 is 0 Å². The van der Waals surface area contributed by atoms with Crippen molar-refractivity contribution in [2.75, 3.05) is 13.6 Å². The summed E-state index contributed by atoms with van der Waals surface area (Å²) in [7, 11) is 1.62. The van der Waals surface area contributed by atoms with E-state index < -0.39 is 23.6 Å². The normalized spacial score (nSPS) is 23.5. The van der Waals surface area contributed by atoms with Gasteiger partial charge >= 0.3 is 5.97 Å². The number of hydrogen-bond donors (Lipinski definition) is 3. The lowest BCUT2D eigenvalue weighted by atomic mass is 10.0. The van der Waals surface area contributed by atoms with Crippen LogP contribution < -0.4 is 0 Å². The molecule has 1 saturated heterocycles. The largest absolute Gasteiger partial charge is 0.476 e. The second-order valence-corrected chi connectivity index (χ2v) is 7.12. The number of carboxylic acid groups (broad SMARTS) is 1. The number of aliphatic hydroxyl groups excluding tert-OH is 1. The summed E-state index contributed by atoms with van der Waals surface area (Å²) in [6, 6.07) is 6.95. The van der Waals surface area contributed by atoms with Gasteiger partial charge in [-0.05, 0) is 31.0 Å². The van der Waals surface area contributed by atoms with Crippen LogP contribution in [0.1, 0.15) is 46.3 Å². The Hall–Kier alpha value is -3.15. The van der Waals surface area contributed by atoms with Crippen LogP contribution in [0.15, 0.2) is 24.3 Å². The van der Waals surface area contributed by atoms with Gasteiger partial charge in [-0.15, -0.1) is 0 Å². The number of fused-ring (bicyclic) bond motifs is 1. The molecule has 0 radical (unpaired) electrons. The SMILES string of the molecule is CN1CCC(O)(C#Cc2cccc(-n3nc(C(=O)O)c4c3CCC4O)c2)C1=O. The molecular weight excluding hydrogens is 362 g/mol. The van der Waals surface area contributed by atoms with Gasteiger partial charge in [-0.2, -0.15) is 5.10 Å². The van der Waals surface area contributed by atoms with Crippen molar-refractivity contribution in [2.24, 2.45) is 0 Å². The van der Waals surface area contributed by atoms with Crippen molar-refractivity contribution in [1.82, 2.24) is 14.7 Å². The Morgan fingerprint density at radius 1 is 1.39 bits per heavy atom. The molecule has 2 unspecified atom stereocenters. The first-order chi connectivity index (χ1) is 13.3. The van der Waals surface area contributed by atoms with Crippen LogP contribution in [0.3, 0.4) is 0 Å². The summed E-state index contributed by atoms with van der Waals surface area (Å²) in [5.74, 6) is 3.91. The molecule has 4 rings (SSSR count). The van der Waals surface area contributed by atoms with Crippen molar-refractivity contribution in [3.8, 4) is 17.5 Å². The smallest absolute Gasteiger partial charge is 0.356 e. The fraction of sp³-hybridized carbons (Fsp3) is 0.350. The summed E-state index contributed by atoms with van der Waals surface area (Å²) in [5.41, 5.74) is 0.363. The van der Waals surface area contributed by atoms with Crippen LogP contribution in [0.4, 0.5) is 0 Å². The number of amides is 1. The van der Waals surface area contributed by atoms with Gasteiger partial charge in [0.1, 0.15) is 0 Å². The summed E-state index contributed by atoms with van der Waals surface area (Å²) >= 11 is 0. The molecule has 0 saturated carbocycles. The number of nitrogens with zero attached hydrogens (tertiary/aromatic N) is 3. The highest BCUT2D eigenvalue weighted by molar-refractivity contribution is 5.90. The van der Waals surface area contributed by atoms with E-state index >= 15 is 0 Å². The molecule has 28 heavy (non-hydrogen) atoms. The fourth-order valence-electron chi connectivity index (χ4n) is 3.71. The Morgan fingerprint density at radius 2 is 2.18 bits per heavy atom.